The van der Waals surface area contributed by atoms with Crippen molar-refractivity contribution >= 4 is 11.9 Å². The van der Waals surface area contributed by atoms with E-state index in [1.165, 1.54) is 0 Å². The van der Waals surface area contributed by atoms with Crippen molar-refractivity contribution in [3.05, 3.63) is 60.2 Å². The van der Waals surface area contributed by atoms with Crippen molar-refractivity contribution in [2.75, 3.05) is 13.1 Å². The third-order valence-electron chi connectivity index (χ3n) is 4.88. The Kier molecular flexibility index (Phi) is 6.76. The molecule has 7 heteroatoms. The number of aliphatic hydroxyl groups is 1. The van der Waals surface area contributed by atoms with E-state index in [0.717, 1.165) is 16.7 Å². The SMILES string of the molecule is O=C(NC(Cc1ccc(-c2ccccc2)cc1)C[C@@H](O)C(=O)O)C1CNNC1. The number of hydrogen-bond acceptors (Lipinski definition) is 5. The van der Waals surface area contributed by atoms with Gasteiger partial charge in [0.2, 0.25) is 5.91 Å². The number of carboxylic acid groups (broad SMARTS) is 1. The van der Waals surface area contributed by atoms with E-state index in [1.54, 1.807) is 0 Å². The number of aliphatic hydroxyl groups excluding tert-OH is 1. The molecule has 1 fully saturated rings. The summed E-state index contributed by atoms with van der Waals surface area (Å²) in [6.07, 6.45) is -1.12. The molecular formula is C21H25N3O4. The van der Waals surface area contributed by atoms with Crippen molar-refractivity contribution in [3.63, 3.8) is 0 Å². The van der Waals surface area contributed by atoms with Crippen LogP contribution in [-0.4, -0.2) is 47.3 Å². The smallest absolute Gasteiger partial charge is 0.332 e. The Morgan fingerprint density at radius 3 is 2.21 bits per heavy atom. The number of nitrogens with one attached hydrogen (secondary N) is 3. The Morgan fingerprint density at radius 2 is 1.61 bits per heavy atom. The zero-order valence-corrected chi connectivity index (χ0v) is 15.5. The molecule has 5 N–H and O–H groups in total. The fourth-order valence-corrected chi connectivity index (χ4v) is 3.28. The first-order valence-electron chi connectivity index (χ1n) is 9.34. The third-order valence-corrected chi connectivity index (χ3v) is 4.88. The second kappa shape index (κ2) is 9.45. The van der Waals surface area contributed by atoms with Gasteiger partial charge in [0.25, 0.3) is 0 Å². The summed E-state index contributed by atoms with van der Waals surface area (Å²) in [7, 11) is 0. The van der Waals surface area contributed by atoms with E-state index >= 15 is 0 Å². The zero-order valence-electron chi connectivity index (χ0n) is 15.5. The van der Waals surface area contributed by atoms with Gasteiger partial charge in [-0.1, -0.05) is 54.6 Å². The lowest BCUT2D eigenvalue weighted by molar-refractivity contribution is -0.147. The van der Waals surface area contributed by atoms with Gasteiger partial charge in [-0.15, -0.1) is 0 Å². The molecule has 2 atom stereocenters. The summed E-state index contributed by atoms with van der Waals surface area (Å²) in [6, 6.07) is 17.5. The summed E-state index contributed by atoms with van der Waals surface area (Å²) >= 11 is 0. The fourth-order valence-electron chi connectivity index (χ4n) is 3.28. The van der Waals surface area contributed by atoms with Crippen LogP contribution in [0.3, 0.4) is 0 Å². The standard InChI is InChI=1S/C21H25N3O4/c25-19(21(27)28)11-18(24-20(26)17-12-22-23-13-17)10-14-6-8-16(9-7-14)15-4-2-1-3-5-15/h1-9,17-19,22-23,25H,10-13H2,(H,24,26)(H,27,28)/t18?,19-/m1/s1. The van der Waals surface area contributed by atoms with E-state index in [2.05, 4.69) is 16.2 Å². The number of hydrogen-bond donors (Lipinski definition) is 5. The van der Waals surface area contributed by atoms with Crippen LogP contribution in [0.1, 0.15) is 12.0 Å². The Bertz CT molecular complexity index is 789. The van der Waals surface area contributed by atoms with Gasteiger partial charge in [0.05, 0.1) is 5.92 Å². The number of aliphatic carboxylic acids is 1. The minimum Gasteiger partial charge on any atom is -0.479 e. The van der Waals surface area contributed by atoms with Gasteiger partial charge in [-0.3, -0.25) is 15.6 Å². The number of rotatable bonds is 8. The number of hydrazine groups is 1. The molecule has 148 valence electrons. The average Bonchev–Trinajstić information content (AvgIpc) is 3.24. The fraction of sp³-hybridized carbons (Fsp3) is 0.333. The van der Waals surface area contributed by atoms with Crippen LogP contribution < -0.4 is 16.2 Å². The first kappa shape index (κ1) is 20.0. The third kappa shape index (κ3) is 5.39. The maximum atomic E-state index is 12.4. The topological polar surface area (TPSA) is 111 Å². The highest BCUT2D eigenvalue weighted by Gasteiger charge is 2.27. The van der Waals surface area contributed by atoms with Gasteiger partial charge in [-0.2, -0.15) is 0 Å². The highest BCUT2D eigenvalue weighted by molar-refractivity contribution is 5.80. The summed E-state index contributed by atoms with van der Waals surface area (Å²) < 4.78 is 0. The quantitative estimate of drug-likeness (QED) is 0.464. The van der Waals surface area contributed by atoms with Gasteiger partial charge < -0.3 is 15.5 Å². The van der Waals surface area contributed by atoms with Crippen LogP contribution in [-0.2, 0) is 16.0 Å². The molecule has 0 aromatic heterocycles. The van der Waals surface area contributed by atoms with Crippen LogP contribution in [0.2, 0.25) is 0 Å². The monoisotopic (exact) mass is 383 g/mol. The average molecular weight is 383 g/mol. The van der Waals surface area contributed by atoms with Crippen molar-refractivity contribution in [2.45, 2.75) is 25.0 Å². The van der Waals surface area contributed by atoms with Crippen molar-refractivity contribution in [1.82, 2.24) is 16.2 Å². The summed E-state index contributed by atoms with van der Waals surface area (Å²) in [5.74, 6) is -1.66. The summed E-state index contributed by atoms with van der Waals surface area (Å²) in [4.78, 5) is 23.5. The van der Waals surface area contributed by atoms with Crippen molar-refractivity contribution in [1.29, 1.82) is 0 Å². The number of carbonyl (C=O) groups excluding carboxylic acids is 1. The van der Waals surface area contributed by atoms with Gasteiger partial charge in [0.15, 0.2) is 6.10 Å². The first-order chi connectivity index (χ1) is 13.5. The predicted molar refractivity (Wildman–Crippen MR) is 105 cm³/mol. The second-order valence-electron chi connectivity index (χ2n) is 7.02. The first-order valence-corrected chi connectivity index (χ1v) is 9.34. The summed E-state index contributed by atoms with van der Waals surface area (Å²) in [5, 5.41) is 21.7. The molecule has 28 heavy (non-hydrogen) atoms. The van der Waals surface area contributed by atoms with Crippen molar-refractivity contribution in [2.24, 2.45) is 5.92 Å². The van der Waals surface area contributed by atoms with Gasteiger partial charge >= 0.3 is 5.97 Å². The Morgan fingerprint density at radius 1 is 1.00 bits per heavy atom. The molecule has 1 saturated heterocycles. The van der Waals surface area contributed by atoms with E-state index in [0.29, 0.717) is 19.5 Å². The van der Waals surface area contributed by atoms with Crippen molar-refractivity contribution < 1.29 is 19.8 Å². The van der Waals surface area contributed by atoms with Crippen LogP contribution in [0.4, 0.5) is 0 Å². The molecule has 1 unspecified atom stereocenters. The van der Waals surface area contributed by atoms with Crippen molar-refractivity contribution in [3.8, 4) is 11.1 Å². The van der Waals surface area contributed by atoms with E-state index in [9.17, 15) is 14.7 Å². The minimum atomic E-state index is -1.52. The van der Waals surface area contributed by atoms with Crippen LogP contribution in [0.5, 0.6) is 0 Å². The predicted octanol–water partition coefficient (Wildman–Crippen LogP) is 0.940. The maximum absolute atomic E-state index is 12.4. The lowest BCUT2D eigenvalue weighted by Crippen LogP contribution is -2.44. The molecule has 1 heterocycles. The molecule has 1 aliphatic rings. The molecule has 2 aromatic rings. The number of amides is 1. The molecule has 0 saturated carbocycles. The molecular weight excluding hydrogens is 358 g/mol. The Balaban J connectivity index is 1.68. The molecule has 1 aliphatic heterocycles. The van der Waals surface area contributed by atoms with E-state index in [4.69, 9.17) is 5.11 Å². The molecule has 2 aromatic carbocycles. The Hall–Kier alpha value is -2.74. The number of benzene rings is 2. The Labute approximate surface area is 163 Å². The van der Waals surface area contributed by atoms with Gasteiger partial charge in [-0.25, -0.2) is 4.79 Å². The van der Waals surface area contributed by atoms with E-state index in [1.807, 2.05) is 54.6 Å². The molecule has 3 rings (SSSR count). The summed E-state index contributed by atoms with van der Waals surface area (Å²) in [5.41, 5.74) is 8.96. The van der Waals surface area contributed by atoms with Crippen LogP contribution >= 0.6 is 0 Å². The van der Waals surface area contributed by atoms with Gasteiger partial charge in [0.1, 0.15) is 0 Å². The summed E-state index contributed by atoms with van der Waals surface area (Å²) in [6.45, 7) is 1.04. The maximum Gasteiger partial charge on any atom is 0.332 e. The normalized spacial score (nSPS) is 16.5. The molecule has 7 nitrogen and oxygen atoms in total. The van der Waals surface area contributed by atoms with Gasteiger partial charge in [-0.05, 0) is 23.1 Å². The molecule has 0 radical (unpaired) electrons. The largest absolute Gasteiger partial charge is 0.479 e. The van der Waals surface area contributed by atoms with E-state index in [-0.39, 0.29) is 18.2 Å². The molecule has 1 amide bonds. The lowest BCUT2D eigenvalue weighted by atomic mass is 9.97. The van der Waals surface area contributed by atoms with Crippen LogP contribution in [0, 0.1) is 5.92 Å². The van der Waals surface area contributed by atoms with Crippen LogP contribution in [0.15, 0.2) is 54.6 Å². The lowest BCUT2D eigenvalue weighted by Gasteiger charge is -2.22. The molecule has 0 aliphatic carbocycles. The van der Waals surface area contributed by atoms with E-state index < -0.39 is 18.1 Å². The minimum absolute atomic E-state index is 0.0465. The van der Waals surface area contributed by atoms with Gasteiger partial charge in [0, 0.05) is 25.6 Å². The molecule has 0 spiro atoms. The highest BCUT2D eigenvalue weighted by atomic mass is 16.4. The zero-order chi connectivity index (χ0) is 19.9. The highest BCUT2D eigenvalue weighted by Crippen LogP contribution is 2.20. The van der Waals surface area contributed by atoms with Crippen LogP contribution in [0.25, 0.3) is 11.1 Å². The second-order valence-corrected chi connectivity index (χ2v) is 7.02. The number of carboxylic acids is 1. The molecule has 0 bridgehead atoms. The number of carbonyl (C=O) groups is 2.